The molecule has 1 rings (SSSR count). The van der Waals surface area contributed by atoms with Gasteiger partial charge >= 0.3 is 5.97 Å². The van der Waals surface area contributed by atoms with E-state index < -0.39 is 5.97 Å². The van der Waals surface area contributed by atoms with Gasteiger partial charge in [0.2, 0.25) is 11.8 Å². The van der Waals surface area contributed by atoms with Crippen LogP contribution >= 0.6 is 0 Å². The lowest BCUT2D eigenvalue weighted by molar-refractivity contribution is -0.132. The first-order valence-electron chi connectivity index (χ1n) is 5.46. The van der Waals surface area contributed by atoms with Crippen molar-refractivity contribution in [3.63, 3.8) is 0 Å². The minimum atomic E-state index is -1.14. The molecule has 17 heavy (non-hydrogen) atoms. The van der Waals surface area contributed by atoms with Gasteiger partial charge in [0.15, 0.2) is 0 Å². The molecule has 6 nitrogen and oxygen atoms in total. The van der Waals surface area contributed by atoms with E-state index in [-0.39, 0.29) is 17.9 Å². The molecule has 94 valence electrons. The Morgan fingerprint density at radius 2 is 2.06 bits per heavy atom. The van der Waals surface area contributed by atoms with Crippen LogP contribution in [0.5, 0.6) is 0 Å². The number of aliphatic carboxylic acids is 1. The third kappa shape index (κ3) is 4.67. The summed E-state index contributed by atoms with van der Waals surface area (Å²) in [5, 5.41) is 11.2. The molecule has 1 unspecified atom stereocenters. The van der Waals surface area contributed by atoms with Crippen molar-refractivity contribution >= 4 is 17.8 Å². The Balaban J connectivity index is 2.51. The van der Waals surface area contributed by atoms with E-state index in [0.29, 0.717) is 13.1 Å². The number of hydrogen-bond acceptors (Lipinski definition) is 3. The molecule has 2 amide bonds. The smallest absolute Gasteiger partial charge is 0.328 e. The molecule has 2 N–H and O–H groups in total. The van der Waals surface area contributed by atoms with Crippen molar-refractivity contribution in [1.82, 2.24) is 10.2 Å². The fourth-order valence-corrected chi connectivity index (χ4v) is 1.83. The Morgan fingerprint density at radius 3 is 2.65 bits per heavy atom. The molecular weight excluding hydrogens is 224 g/mol. The second-order valence-electron chi connectivity index (χ2n) is 4.00. The highest BCUT2D eigenvalue weighted by atomic mass is 16.4. The van der Waals surface area contributed by atoms with Crippen molar-refractivity contribution in [2.45, 2.75) is 25.8 Å². The lowest BCUT2D eigenvalue weighted by Gasteiger charge is -2.32. The Morgan fingerprint density at radius 1 is 1.35 bits per heavy atom. The predicted octanol–water partition coefficient (Wildman–Crippen LogP) is -0.246. The van der Waals surface area contributed by atoms with Gasteiger partial charge in [0.05, 0.1) is 0 Å². The van der Waals surface area contributed by atoms with Gasteiger partial charge in [-0.25, -0.2) is 4.79 Å². The zero-order valence-corrected chi connectivity index (χ0v) is 9.68. The van der Waals surface area contributed by atoms with E-state index in [1.807, 2.05) is 0 Å². The number of piperidine rings is 1. The van der Waals surface area contributed by atoms with Crippen LogP contribution in [0.25, 0.3) is 0 Å². The third-order valence-corrected chi connectivity index (χ3v) is 2.51. The molecule has 1 saturated heterocycles. The van der Waals surface area contributed by atoms with Gasteiger partial charge in [0, 0.05) is 38.2 Å². The predicted molar refractivity (Wildman–Crippen MR) is 60.2 cm³/mol. The summed E-state index contributed by atoms with van der Waals surface area (Å²) in [7, 11) is 0. The Kier molecular flexibility index (Phi) is 4.68. The summed E-state index contributed by atoms with van der Waals surface area (Å²) in [5.41, 5.74) is 0. The first-order valence-corrected chi connectivity index (χ1v) is 5.46. The number of rotatable bonds is 3. The van der Waals surface area contributed by atoms with Gasteiger partial charge in [-0.05, 0) is 12.8 Å². The van der Waals surface area contributed by atoms with Crippen LogP contribution in [0.3, 0.4) is 0 Å². The second-order valence-corrected chi connectivity index (χ2v) is 4.00. The maximum atomic E-state index is 11.6. The van der Waals surface area contributed by atoms with E-state index in [1.165, 1.54) is 6.92 Å². The maximum Gasteiger partial charge on any atom is 0.328 e. The van der Waals surface area contributed by atoms with Crippen LogP contribution < -0.4 is 5.32 Å². The molecule has 0 aromatic rings. The zero-order chi connectivity index (χ0) is 12.8. The lowest BCUT2D eigenvalue weighted by Crippen LogP contribution is -2.48. The fraction of sp³-hybridized carbons (Fsp3) is 0.545. The van der Waals surface area contributed by atoms with Crippen LogP contribution in [0.4, 0.5) is 0 Å². The Bertz CT molecular complexity index is 351. The van der Waals surface area contributed by atoms with Crippen molar-refractivity contribution in [1.29, 1.82) is 0 Å². The van der Waals surface area contributed by atoms with Crippen molar-refractivity contribution in [3.8, 4) is 0 Å². The third-order valence-electron chi connectivity index (χ3n) is 2.51. The van der Waals surface area contributed by atoms with Crippen molar-refractivity contribution in [2.24, 2.45) is 0 Å². The first-order chi connectivity index (χ1) is 7.99. The van der Waals surface area contributed by atoms with Gasteiger partial charge in [-0.2, -0.15) is 0 Å². The summed E-state index contributed by atoms with van der Waals surface area (Å²) >= 11 is 0. The van der Waals surface area contributed by atoms with E-state index in [9.17, 15) is 14.4 Å². The Labute approximate surface area is 99.3 Å². The van der Waals surface area contributed by atoms with E-state index in [4.69, 9.17) is 5.11 Å². The monoisotopic (exact) mass is 240 g/mol. The van der Waals surface area contributed by atoms with Crippen LogP contribution in [0, 0.1) is 0 Å². The molecule has 0 bridgehead atoms. The number of nitrogens with one attached hydrogen (secondary N) is 1. The fourth-order valence-electron chi connectivity index (χ4n) is 1.83. The summed E-state index contributed by atoms with van der Waals surface area (Å²) in [6.07, 6.45) is 3.51. The van der Waals surface area contributed by atoms with E-state index in [2.05, 4.69) is 5.32 Å². The van der Waals surface area contributed by atoms with Crippen LogP contribution in [0.2, 0.25) is 0 Å². The number of hydrogen-bond donors (Lipinski definition) is 2. The highest BCUT2D eigenvalue weighted by Crippen LogP contribution is 2.10. The second kappa shape index (κ2) is 6.03. The normalized spacial score (nSPS) is 20.3. The highest BCUT2D eigenvalue weighted by Gasteiger charge is 2.22. The number of carboxylic acid groups (broad SMARTS) is 1. The van der Waals surface area contributed by atoms with Gasteiger partial charge in [0.1, 0.15) is 0 Å². The quantitative estimate of drug-likeness (QED) is 0.666. The van der Waals surface area contributed by atoms with Crippen molar-refractivity contribution in [3.05, 3.63) is 12.2 Å². The van der Waals surface area contributed by atoms with Gasteiger partial charge in [-0.3, -0.25) is 9.59 Å². The average molecular weight is 240 g/mol. The van der Waals surface area contributed by atoms with Gasteiger partial charge in [-0.1, -0.05) is 0 Å². The summed E-state index contributed by atoms with van der Waals surface area (Å²) < 4.78 is 0. The van der Waals surface area contributed by atoms with Crippen molar-refractivity contribution < 1.29 is 19.5 Å². The molecule has 1 aliphatic heterocycles. The van der Waals surface area contributed by atoms with Gasteiger partial charge in [-0.15, -0.1) is 0 Å². The van der Waals surface area contributed by atoms with Crippen LogP contribution in [-0.2, 0) is 14.4 Å². The van der Waals surface area contributed by atoms with Gasteiger partial charge in [0.25, 0.3) is 0 Å². The summed E-state index contributed by atoms with van der Waals surface area (Å²) in [5.74, 6) is -1.60. The molecule has 6 heteroatoms. The molecule has 0 saturated carbocycles. The van der Waals surface area contributed by atoms with Crippen LogP contribution in [0.15, 0.2) is 12.2 Å². The Hall–Kier alpha value is -1.85. The number of amides is 2. The van der Waals surface area contributed by atoms with E-state index in [0.717, 1.165) is 25.0 Å². The number of nitrogens with zero attached hydrogens (tertiary/aromatic N) is 1. The maximum absolute atomic E-state index is 11.6. The average Bonchev–Trinajstić information content (AvgIpc) is 2.25. The van der Waals surface area contributed by atoms with E-state index >= 15 is 0 Å². The highest BCUT2D eigenvalue weighted by molar-refractivity contribution is 5.94. The SMILES string of the molecule is CC(=O)NC1CCCN(C(=O)/C=C/C(=O)O)C1. The molecule has 1 atom stereocenters. The summed E-state index contributed by atoms with van der Waals surface area (Å²) in [6, 6.07) is -0.0385. The van der Waals surface area contributed by atoms with Crippen LogP contribution in [0.1, 0.15) is 19.8 Å². The molecule has 0 radical (unpaired) electrons. The molecular formula is C11H16N2O4. The topological polar surface area (TPSA) is 86.7 Å². The first kappa shape index (κ1) is 13.2. The molecule has 1 heterocycles. The van der Waals surface area contributed by atoms with Crippen LogP contribution in [-0.4, -0.2) is 46.9 Å². The summed E-state index contributed by atoms with van der Waals surface area (Å²) in [4.78, 5) is 34.3. The minimum Gasteiger partial charge on any atom is -0.478 e. The van der Waals surface area contributed by atoms with E-state index in [1.54, 1.807) is 4.90 Å². The largest absolute Gasteiger partial charge is 0.478 e. The molecule has 1 aliphatic rings. The molecule has 0 aliphatic carbocycles. The van der Waals surface area contributed by atoms with Crippen molar-refractivity contribution in [2.75, 3.05) is 13.1 Å². The zero-order valence-electron chi connectivity index (χ0n) is 9.68. The molecule has 1 fully saturated rings. The lowest BCUT2D eigenvalue weighted by atomic mass is 10.1. The molecule has 0 aromatic heterocycles. The summed E-state index contributed by atoms with van der Waals surface area (Å²) in [6.45, 7) is 2.46. The van der Waals surface area contributed by atoms with Gasteiger partial charge < -0.3 is 15.3 Å². The number of carboxylic acids is 1. The number of carbonyl (C=O) groups excluding carboxylic acids is 2. The number of carbonyl (C=O) groups is 3. The molecule has 0 spiro atoms. The molecule has 0 aromatic carbocycles. The minimum absolute atomic E-state index is 0.0385. The standard InChI is InChI=1S/C11H16N2O4/c1-8(14)12-9-3-2-6-13(7-9)10(15)4-5-11(16)17/h4-5,9H,2-3,6-7H2,1H3,(H,12,14)(H,16,17)/b5-4+. The number of likely N-dealkylation sites (tertiary alicyclic amines) is 1.